The minimum absolute atomic E-state index is 0.172. The summed E-state index contributed by atoms with van der Waals surface area (Å²) in [7, 11) is 0. The first kappa shape index (κ1) is 18.4. The summed E-state index contributed by atoms with van der Waals surface area (Å²) < 4.78 is 48.0. The first-order valence-corrected chi connectivity index (χ1v) is 8.12. The van der Waals surface area contributed by atoms with Crippen LogP contribution in [0.1, 0.15) is 31.7 Å². The third kappa shape index (κ3) is 5.62. The van der Waals surface area contributed by atoms with E-state index >= 15 is 0 Å². The van der Waals surface area contributed by atoms with Crippen molar-refractivity contribution in [1.29, 1.82) is 0 Å². The highest BCUT2D eigenvalue weighted by molar-refractivity contribution is 5.76. The van der Waals surface area contributed by atoms with Crippen molar-refractivity contribution in [1.82, 2.24) is 4.90 Å². The topological polar surface area (TPSA) is 38.8 Å². The van der Waals surface area contributed by atoms with E-state index in [-0.39, 0.29) is 25.4 Å². The van der Waals surface area contributed by atoms with E-state index in [4.69, 9.17) is 9.47 Å². The van der Waals surface area contributed by atoms with Gasteiger partial charge in [-0.15, -0.1) is 0 Å². The summed E-state index contributed by atoms with van der Waals surface area (Å²) in [5.41, 5.74) is 0.902. The molecule has 0 N–H and O–H groups in total. The monoisotopic (exact) mass is 345 g/mol. The van der Waals surface area contributed by atoms with Crippen molar-refractivity contribution in [2.24, 2.45) is 0 Å². The molecular weight excluding hydrogens is 323 g/mol. The molecule has 0 unspecified atom stereocenters. The van der Waals surface area contributed by atoms with E-state index in [1.54, 1.807) is 6.92 Å². The molecule has 0 atom stereocenters. The summed E-state index contributed by atoms with van der Waals surface area (Å²) in [6.45, 7) is 2.85. The van der Waals surface area contributed by atoms with Crippen LogP contribution in [0.5, 0.6) is 11.5 Å². The lowest BCUT2D eigenvalue weighted by molar-refractivity contribution is -0.145. The maximum absolute atomic E-state index is 12.3. The third-order valence-electron chi connectivity index (χ3n) is 3.84. The van der Waals surface area contributed by atoms with Gasteiger partial charge in [0.25, 0.3) is 0 Å². The van der Waals surface area contributed by atoms with Crippen LogP contribution in [0, 0.1) is 0 Å². The van der Waals surface area contributed by atoms with Crippen LogP contribution in [0.25, 0.3) is 0 Å². The molecule has 0 saturated carbocycles. The highest BCUT2D eigenvalue weighted by Crippen LogP contribution is 2.30. The summed E-state index contributed by atoms with van der Waals surface area (Å²) in [6, 6.07) is 5.49. The highest BCUT2D eigenvalue weighted by Gasteiger charge is 2.28. The molecule has 2 rings (SSSR count). The molecule has 0 spiro atoms. The number of hydrogen-bond acceptors (Lipinski definition) is 3. The molecule has 7 heteroatoms. The van der Waals surface area contributed by atoms with Crippen LogP contribution < -0.4 is 9.47 Å². The number of fused-ring (bicyclic) bond motifs is 1. The minimum atomic E-state index is -4.25. The Balaban J connectivity index is 1.89. The van der Waals surface area contributed by atoms with Crippen LogP contribution in [-0.2, 0) is 11.2 Å². The molecule has 1 amide bonds. The zero-order chi connectivity index (χ0) is 17.6. The zero-order valence-electron chi connectivity index (χ0n) is 13.7. The average Bonchev–Trinajstić information content (AvgIpc) is 2.77. The van der Waals surface area contributed by atoms with Gasteiger partial charge in [0.2, 0.25) is 5.91 Å². The summed E-state index contributed by atoms with van der Waals surface area (Å²) in [4.78, 5) is 13.4. The van der Waals surface area contributed by atoms with E-state index in [0.717, 1.165) is 12.0 Å². The summed E-state index contributed by atoms with van der Waals surface area (Å²) in [6.07, 6.45) is -3.78. The van der Waals surface area contributed by atoms with Gasteiger partial charge >= 0.3 is 6.18 Å². The smallest absolute Gasteiger partial charge is 0.390 e. The van der Waals surface area contributed by atoms with Gasteiger partial charge in [0.15, 0.2) is 11.5 Å². The van der Waals surface area contributed by atoms with Gasteiger partial charge in [-0.2, -0.15) is 13.2 Å². The van der Waals surface area contributed by atoms with Gasteiger partial charge in [0, 0.05) is 25.9 Å². The van der Waals surface area contributed by atoms with Crippen molar-refractivity contribution in [2.45, 2.75) is 38.8 Å². The van der Waals surface area contributed by atoms with Gasteiger partial charge in [0.05, 0.1) is 19.6 Å². The second kappa shape index (κ2) is 8.26. The van der Waals surface area contributed by atoms with Crippen molar-refractivity contribution in [3.05, 3.63) is 23.8 Å². The van der Waals surface area contributed by atoms with Gasteiger partial charge in [-0.05, 0) is 31.0 Å². The maximum Gasteiger partial charge on any atom is 0.390 e. The Kier molecular flexibility index (Phi) is 6.34. The van der Waals surface area contributed by atoms with Crippen LogP contribution in [-0.4, -0.2) is 43.3 Å². The third-order valence-corrected chi connectivity index (χ3v) is 3.84. The molecule has 1 aromatic rings. The van der Waals surface area contributed by atoms with Gasteiger partial charge in [-0.25, -0.2) is 0 Å². The van der Waals surface area contributed by atoms with Crippen LogP contribution >= 0.6 is 0 Å². The van der Waals surface area contributed by atoms with Crippen molar-refractivity contribution < 1.29 is 27.4 Å². The number of benzene rings is 1. The van der Waals surface area contributed by atoms with Crippen LogP contribution in [0.2, 0.25) is 0 Å². The quantitative estimate of drug-likeness (QED) is 0.791. The molecule has 1 aliphatic rings. The number of carbonyl (C=O) groups is 1. The van der Waals surface area contributed by atoms with Crippen molar-refractivity contribution >= 4 is 5.91 Å². The molecular formula is C17H22F3NO3. The molecule has 0 aromatic heterocycles. The lowest BCUT2D eigenvalue weighted by Gasteiger charge is -2.21. The van der Waals surface area contributed by atoms with E-state index in [1.165, 1.54) is 4.90 Å². The summed E-state index contributed by atoms with van der Waals surface area (Å²) >= 11 is 0. The van der Waals surface area contributed by atoms with Crippen molar-refractivity contribution in [3.8, 4) is 11.5 Å². The van der Waals surface area contributed by atoms with Crippen molar-refractivity contribution in [3.63, 3.8) is 0 Å². The second-order valence-electron chi connectivity index (χ2n) is 5.67. The first-order valence-electron chi connectivity index (χ1n) is 8.12. The number of carbonyl (C=O) groups excluding carboxylic acids is 1. The molecule has 24 heavy (non-hydrogen) atoms. The maximum atomic E-state index is 12.3. The van der Waals surface area contributed by atoms with Crippen LogP contribution in [0.15, 0.2) is 18.2 Å². The summed E-state index contributed by atoms with van der Waals surface area (Å²) in [5.74, 6) is 1.07. The Morgan fingerprint density at radius 2 is 1.92 bits per heavy atom. The molecule has 0 aliphatic carbocycles. The fourth-order valence-electron chi connectivity index (χ4n) is 2.49. The molecule has 0 saturated heterocycles. The Labute approximate surface area is 139 Å². The van der Waals surface area contributed by atoms with Gasteiger partial charge in [0.1, 0.15) is 0 Å². The normalized spacial score (nSPS) is 14.2. The number of rotatable bonds is 6. The summed E-state index contributed by atoms with van der Waals surface area (Å²) in [5, 5.41) is 0. The lowest BCUT2D eigenvalue weighted by Crippen LogP contribution is -2.34. The van der Waals surface area contributed by atoms with Crippen molar-refractivity contribution in [2.75, 3.05) is 26.3 Å². The van der Waals surface area contributed by atoms with Gasteiger partial charge in [-0.3, -0.25) is 4.79 Å². The SMILES string of the molecule is CCN(CCC(F)(F)F)C(=O)CCc1ccc2c(c1)OCCCO2. The minimum Gasteiger partial charge on any atom is -0.490 e. The predicted octanol–water partition coefficient (Wildman–Crippen LogP) is 3.58. The largest absolute Gasteiger partial charge is 0.490 e. The van der Waals surface area contributed by atoms with E-state index in [9.17, 15) is 18.0 Å². The van der Waals surface area contributed by atoms with Gasteiger partial charge < -0.3 is 14.4 Å². The fourth-order valence-corrected chi connectivity index (χ4v) is 2.49. The molecule has 1 aromatic carbocycles. The van der Waals surface area contributed by atoms with Crippen LogP contribution in [0.4, 0.5) is 13.2 Å². The van der Waals surface area contributed by atoms with E-state index in [0.29, 0.717) is 31.1 Å². The Morgan fingerprint density at radius 3 is 2.58 bits per heavy atom. The van der Waals surface area contributed by atoms with E-state index in [2.05, 4.69) is 0 Å². The Bertz CT molecular complexity index is 561. The Morgan fingerprint density at radius 1 is 1.21 bits per heavy atom. The molecule has 1 aliphatic heterocycles. The Hall–Kier alpha value is -1.92. The van der Waals surface area contributed by atoms with Gasteiger partial charge in [-0.1, -0.05) is 6.07 Å². The lowest BCUT2D eigenvalue weighted by atomic mass is 10.1. The fraction of sp³-hybridized carbons (Fsp3) is 0.588. The number of aryl methyl sites for hydroxylation is 1. The number of alkyl halides is 3. The number of ether oxygens (including phenoxy) is 2. The molecule has 1 heterocycles. The molecule has 0 bridgehead atoms. The molecule has 4 nitrogen and oxygen atoms in total. The molecule has 0 radical (unpaired) electrons. The number of nitrogens with zero attached hydrogens (tertiary/aromatic N) is 1. The first-order chi connectivity index (χ1) is 11.4. The number of hydrogen-bond donors (Lipinski definition) is 0. The second-order valence-corrected chi connectivity index (χ2v) is 5.67. The number of halogens is 3. The van der Waals surface area contributed by atoms with E-state index < -0.39 is 12.6 Å². The molecule has 0 fully saturated rings. The average molecular weight is 345 g/mol. The predicted molar refractivity (Wildman–Crippen MR) is 83.3 cm³/mol. The highest BCUT2D eigenvalue weighted by atomic mass is 19.4. The number of amides is 1. The van der Waals surface area contributed by atoms with Crippen LogP contribution in [0.3, 0.4) is 0 Å². The molecule has 134 valence electrons. The zero-order valence-corrected chi connectivity index (χ0v) is 13.7. The standard InChI is InChI=1S/C17H22F3NO3/c1-2-21(9-8-17(18,19)20)16(22)7-5-13-4-6-14-15(12-13)24-11-3-10-23-14/h4,6,12H,2-3,5,7-11H2,1H3. The van der Waals surface area contributed by atoms with E-state index in [1.807, 2.05) is 18.2 Å².